The molecule has 0 aromatic rings. The van der Waals surface area contributed by atoms with Crippen LogP contribution in [0.2, 0.25) is 0 Å². The van der Waals surface area contributed by atoms with Crippen LogP contribution in [0.15, 0.2) is 0 Å². The van der Waals surface area contributed by atoms with Crippen LogP contribution in [0, 0.1) is 0 Å². The Labute approximate surface area is 109 Å². The van der Waals surface area contributed by atoms with Crippen LogP contribution in [0.25, 0.3) is 0 Å². The second-order valence-corrected chi connectivity index (χ2v) is 5.25. The molecule has 0 amide bonds. The molecule has 2 aliphatic rings. The minimum absolute atomic E-state index is 0.0532. The number of hydrogen-bond acceptors (Lipinski definition) is 5. The topological polar surface area (TPSA) is 44.8 Å². The van der Waals surface area contributed by atoms with Crippen molar-refractivity contribution in [3.05, 3.63) is 0 Å². The lowest BCUT2D eigenvalue weighted by atomic mass is 10.0. The van der Waals surface area contributed by atoms with Gasteiger partial charge in [0, 0.05) is 25.7 Å². The Morgan fingerprint density at radius 1 is 1.33 bits per heavy atom. The van der Waals surface area contributed by atoms with Crippen molar-refractivity contribution in [3.8, 4) is 0 Å². The second-order valence-electron chi connectivity index (χ2n) is 5.25. The molecular weight excluding hydrogens is 230 g/mol. The number of nitrogens with one attached hydrogen (secondary N) is 1. The van der Waals surface area contributed by atoms with Crippen LogP contribution in [0.3, 0.4) is 0 Å². The van der Waals surface area contributed by atoms with E-state index in [1.807, 2.05) is 6.92 Å². The van der Waals surface area contributed by atoms with Crippen LogP contribution in [0.1, 0.15) is 19.8 Å². The van der Waals surface area contributed by atoms with Gasteiger partial charge in [-0.2, -0.15) is 0 Å². The number of carbonyl (C=O) groups is 1. The smallest absolute Gasteiger partial charge is 0.324 e. The molecule has 104 valence electrons. The highest BCUT2D eigenvalue weighted by Gasteiger charge is 2.36. The number of esters is 1. The first-order valence-corrected chi connectivity index (χ1v) is 7.04. The van der Waals surface area contributed by atoms with E-state index in [-0.39, 0.29) is 12.0 Å². The van der Waals surface area contributed by atoms with Crippen LogP contribution >= 0.6 is 0 Å². The van der Waals surface area contributed by atoms with Crippen LogP contribution in [-0.4, -0.2) is 74.2 Å². The number of piperidine rings is 1. The van der Waals surface area contributed by atoms with Crippen molar-refractivity contribution in [2.24, 2.45) is 0 Å². The molecule has 5 nitrogen and oxygen atoms in total. The maximum atomic E-state index is 12.1. The Morgan fingerprint density at radius 3 is 2.72 bits per heavy atom. The van der Waals surface area contributed by atoms with Gasteiger partial charge in [-0.25, -0.2) is 0 Å². The number of hydrogen-bond donors (Lipinski definition) is 1. The molecule has 2 fully saturated rings. The molecule has 0 aromatic carbocycles. The van der Waals surface area contributed by atoms with E-state index in [2.05, 4.69) is 22.2 Å². The van der Waals surface area contributed by atoms with Gasteiger partial charge in [0.05, 0.1) is 6.61 Å². The van der Waals surface area contributed by atoms with Crippen LogP contribution in [0.4, 0.5) is 0 Å². The van der Waals surface area contributed by atoms with Crippen molar-refractivity contribution in [2.75, 3.05) is 46.4 Å². The molecule has 18 heavy (non-hydrogen) atoms. The van der Waals surface area contributed by atoms with Crippen LogP contribution < -0.4 is 5.32 Å². The van der Waals surface area contributed by atoms with E-state index in [1.165, 1.54) is 0 Å². The number of likely N-dealkylation sites (N-methyl/N-ethyl adjacent to an activating group) is 1. The summed E-state index contributed by atoms with van der Waals surface area (Å²) in [5.41, 5.74) is 0. The lowest BCUT2D eigenvalue weighted by molar-refractivity contribution is -0.153. The maximum absolute atomic E-state index is 12.1. The first-order valence-electron chi connectivity index (χ1n) is 7.04. The number of ether oxygens (including phenoxy) is 1. The molecule has 2 aliphatic heterocycles. The highest BCUT2D eigenvalue weighted by molar-refractivity contribution is 5.76. The molecule has 0 spiro atoms. The van der Waals surface area contributed by atoms with Gasteiger partial charge < -0.3 is 15.0 Å². The van der Waals surface area contributed by atoms with E-state index in [0.717, 1.165) is 45.6 Å². The van der Waals surface area contributed by atoms with Crippen LogP contribution in [-0.2, 0) is 9.53 Å². The largest absolute Gasteiger partial charge is 0.465 e. The second kappa shape index (κ2) is 6.50. The molecule has 2 heterocycles. The molecule has 0 aliphatic carbocycles. The molecule has 2 saturated heterocycles. The zero-order valence-corrected chi connectivity index (χ0v) is 11.5. The number of nitrogens with zero attached hydrogens (tertiary/aromatic N) is 2. The quantitative estimate of drug-likeness (QED) is 0.715. The van der Waals surface area contributed by atoms with Gasteiger partial charge in [-0.1, -0.05) is 0 Å². The summed E-state index contributed by atoms with van der Waals surface area (Å²) in [6.07, 6.45) is 2.28. The summed E-state index contributed by atoms with van der Waals surface area (Å²) in [7, 11) is 2.08. The Balaban J connectivity index is 2.02. The van der Waals surface area contributed by atoms with E-state index in [0.29, 0.717) is 12.6 Å². The monoisotopic (exact) mass is 255 g/mol. The molecule has 1 unspecified atom stereocenters. The summed E-state index contributed by atoms with van der Waals surface area (Å²) >= 11 is 0. The van der Waals surface area contributed by atoms with Crippen molar-refractivity contribution in [1.29, 1.82) is 0 Å². The number of rotatable bonds is 3. The number of piperazine rings is 1. The molecule has 0 bridgehead atoms. The van der Waals surface area contributed by atoms with Gasteiger partial charge in [0.25, 0.3) is 0 Å². The lowest BCUT2D eigenvalue weighted by Gasteiger charge is -2.44. The predicted octanol–water partition coefficient (Wildman–Crippen LogP) is -0.0825. The average molecular weight is 255 g/mol. The average Bonchev–Trinajstić information content (AvgIpc) is 2.40. The molecular formula is C13H25N3O2. The zero-order valence-electron chi connectivity index (χ0n) is 11.5. The summed E-state index contributed by atoms with van der Waals surface area (Å²) in [5.74, 6) is -0.0532. The highest BCUT2D eigenvalue weighted by Crippen LogP contribution is 2.19. The van der Waals surface area contributed by atoms with Gasteiger partial charge in [-0.3, -0.25) is 9.69 Å². The Hall–Kier alpha value is -0.650. The van der Waals surface area contributed by atoms with Gasteiger partial charge >= 0.3 is 5.97 Å². The molecule has 1 atom stereocenters. The molecule has 0 saturated carbocycles. The van der Waals surface area contributed by atoms with Crippen molar-refractivity contribution in [1.82, 2.24) is 15.1 Å². The highest BCUT2D eigenvalue weighted by atomic mass is 16.5. The minimum atomic E-state index is -0.0770. The van der Waals surface area contributed by atoms with E-state index < -0.39 is 0 Å². The van der Waals surface area contributed by atoms with E-state index >= 15 is 0 Å². The summed E-state index contributed by atoms with van der Waals surface area (Å²) < 4.78 is 5.23. The van der Waals surface area contributed by atoms with E-state index in [4.69, 9.17) is 4.74 Å². The minimum Gasteiger partial charge on any atom is -0.465 e. The Morgan fingerprint density at radius 2 is 2.06 bits per heavy atom. The summed E-state index contributed by atoms with van der Waals surface area (Å²) in [5, 5.41) is 3.38. The molecule has 2 rings (SSSR count). The molecule has 1 N–H and O–H groups in total. The Bertz CT molecular complexity index is 279. The third-order valence-corrected chi connectivity index (χ3v) is 3.96. The summed E-state index contributed by atoms with van der Waals surface area (Å²) in [6.45, 7) is 7.28. The van der Waals surface area contributed by atoms with Gasteiger partial charge in [0.15, 0.2) is 0 Å². The van der Waals surface area contributed by atoms with E-state index in [9.17, 15) is 4.79 Å². The fraction of sp³-hybridized carbons (Fsp3) is 0.923. The fourth-order valence-electron chi connectivity index (χ4n) is 2.96. The standard InChI is InChI=1S/C13H25N3O2/c1-3-18-13(17)12-10-15(2)8-9-16(12)11-4-6-14-7-5-11/h11-12,14H,3-10H2,1-2H3. The van der Waals surface area contributed by atoms with Crippen molar-refractivity contribution in [2.45, 2.75) is 31.8 Å². The van der Waals surface area contributed by atoms with Gasteiger partial charge in [-0.05, 0) is 39.9 Å². The number of carbonyl (C=O) groups excluding carboxylic acids is 1. The summed E-state index contributed by atoms with van der Waals surface area (Å²) in [6, 6.07) is 0.459. The first kappa shape index (κ1) is 13.8. The van der Waals surface area contributed by atoms with Gasteiger partial charge in [-0.15, -0.1) is 0 Å². The first-order chi connectivity index (χ1) is 8.72. The van der Waals surface area contributed by atoms with Gasteiger partial charge in [0.2, 0.25) is 0 Å². The molecule has 5 heteroatoms. The van der Waals surface area contributed by atoms with E-state index in [1.54, 1.807) is 0 Å². The third kappa shape index (κ3) is 3.22. The SMILES string of the molecule is CCOC(=O)C1CN(C)CCN1C1CCNCC1. The molecule has 0 aromatic heterocycles. The normalized spacial score (nSPS) is 28.2. The van der Waals surface area contributed by atoms with Gasteiger partial charge in [0.1, 0.15) is 6.04 Å². The van der Waals surface area contributed by atoms with Crippen molar-refractivity contribution < 1.29 is 9.53 Å². The fourth-order valence-corrected chi connectivity index (χ4v) is 2.96. The zero-order chi connectivity index (χ0) is 13.0. The Kier molecular flexibility index (Phi) is 4.97. The van der Waals surface area contributed by atoms with Crippen molar-refractivity contribution in [3.63, 3.8) is 0 Å². The summed E-state index contributed by atoms with van der Waals surface area (Å²) in [4.78, 5) is 16.7. The predicted molar refractivity (Wildman–Crippen MR) is 70.5 cm³/mol. The molecule has 0 radical (unpaired) electrons. The van der Waals surface area contributed by atoms with Crippen molar-refractivity contribution >= 4 is 5.97 Å². The van der Waals surface area contributed by atoms with Crippen LogP contribution in [0.5, 0.6) is 0 Å². The maximum Gasteiger partial charge on any atom is 0.324 e. The third-order valence-electron chi connectivity index (χ3n) is 3.96. The lowest BCUT2D eigenvalue weighted by Crippen LogP contribution is -2.60.